The molecule has 0 aromatic carbocycles. The predicted octanol–water partition coefficient (Wildman–Crippen LogP) is 2.49. The molecular weight excluding hydrogens is 592 g/mol. The van der Waals surface area contributed by atoms with Gasteiger partial charge in [0.25, 0.3) is 0 Å². The average molecular weight is 657 g/mol. The zero-order chi connectivity index (χ0) is 34.4. The molecule has 4 aliphatic carbocycles. The van der Waals surface area contributed by atoms with E-state index in [9.17, 15) is 40.9 Å². The van der Waals surface area contributed by atoms with E-state index in [4.69, 9.17) is 9.47 Å². The first-order valence-corrected chi connectivity index (χ1v) is 17.8. The molecule has 1 aliphatic heterocycles. The van der Waals surface area contributed by atoms with E-state index in [2.05, 4.69) is 34.6 Å². The third-order valence-electron chi connectivity index (χ3n) is 14.7. The van der Waals surface area contributed by atoms with Gasteiger partial charge in [-0.2, -0.15) is 0 Å². The van der Waals surface area contributed by atoms with Crippen LogP contribution in [0.4, 0.5) is 0 Å². The molecule has 4 saturated carbocycles. The molecule has 8 N–H and O–H groups in total. The molecule has 0 aromatic rings. The topological polar surface area (TPSA) is 180 Å². The van der Waals surface area contributed by atoms with Crippen molar-refractivity contribution in [1.82, 2.24) is 0 Å². The number of hydrogen-bond donors (Lipinski definition) is 8. The fourth-order valence-electron chi connectivity index (χ4n) is 12.1. The summed E-state index contributed by atoms with van der Waals surface area (Å²) in [6.07, 6.45) is -2.73. The molecule has 1 saturated heterocycles. The lowest BCUT2D eigenvalue weighted by molar-refractivity contribution is -0.346. The van der Waals surface area contributed by atoms with Gasteiger partial charge in [-0.05, 0) is 124 Å². The highest BCUT2D eigenvalue weighted by Gasteiger charge is 2.73. The lowest BCUT2D eigenvalue weighted by Gasteiger charge is -2.72. The van der Waals surface area contributed by atoms with Crippen LogP contribution in [0.2, 0.25) is 0 Å². The Labute approximate surface area is 275 Å². The van der Waals surface area contributed by atoms with Crippen molar-refractivity contribution in [1.29, 1.82) is 0 Å². The maximum atomic E-state index is 12.1. The third kappa shape index (κ3) is 5.72. The Morgan fingerprint density at radius 3 is 2.09 bits per heavy atom. The number of aliphatic hydroxyl groups excluding tert-OH is 6. The van der Waals surface area contributed by atoms with Crippen molar-refractivity contribution >= 4 is 0 Å². The Morgan fingerprint density at radius 2 is 1.48 bits per heavy atom. The van der Waals surface area contributed by atoms with E-state index in [1.54, 1.807) is 13.8 Å². The zero-order valence-electron chi connectivity index (χ0n) is 29.4. The standard InChI is InChI=1S/C36H64O10/c1-31(2,43)12-9-13-36(8,44)19-10-15-34(6)25(19)20(38)16-23-33(5)14-11-24(39)32(3,4)29(33)21(17-35(23,34)7)45-30-28(42)27(41)26(40)22(18-37)46-30/h19-30,37-44H,9-18H2,1-8H3/t19?,20-,21+,22?,23?,24+,25?,26?,27?,28?,29?,30?,33-,34-,35-,36+/m1/s1. The van der Waals surface area contributed by atoms with Gasteiger partial charge in [-0.15, -0.1) is 0 Å². The van der Waals surface area contributed by atoms with Crippen LogP contribution >= 0.6 is 0 Å². The van der Waals surface area contributed by atoms with Crippen molar-refractivity contribution in [2.45, 2.75) is 173 Å². The SMILES string of the molecule is CC(C)(O)CCC[C@](C)(O)C1CC[C@]2(C)C1[C@H](O)CC1[C@@]3(C)CC[C@H](O)C(C)(C)C3[C@@H](OC3OC(CO)C(O)C(O)C3O)C[C@]12C. The van der Waals surface area contributed by atoms with E-state index in [1.807, 2.05) is 6.92 Å². The Balaban J connectivity index is 1.52. The highest BCUT2D eigenvalue weighted by atomic mass is 16.7. The first-order valence-electron chi connectivity index (χ1n) is 17.8. The largest absolute Gasteiger partial charge is 0.394 e. The zero-order valence-corrected chi connectivity index (χ0v) is 29.4. The van der Waals surface area contributed by atoms with Crippen LogP contribution in [0.5, 0.6) is 0 Å². The second kappa shape index (κ2) is 12.1. The molecule has 0 radical (unpaired) electrons. The fraction of sp³-hybridized carbons (Fsp3) is 1.00. The minimum Gasteiger partial charge on any atom is -0.394 e. The van der Waals surface area contributed by atoms with Crippen molar-refractivity contribution < 1.29 is 50.3 Å². The van der Waals surface area contributed by atoms with E-state index in [0.29, 0.717) is 38.5 Å². The molecule has 0 amide bonds. The molecule has 10 heteroatoms. The molecule has 0 bridgehead atoms. The van der Waals surface area contributed by atoms with Crippen molar-refractivity contribution in [2.24, 2.45) is 45.3 Å². The van der Waals surface area contributed by atoms with Gasteiger partial charge in [-0.25, -0.2) is 0 Å². The van der Waals surface area contributed by atoms with Gasteiger partial charge in [0.15, 0.2) is 6.29 Å². The van der Waals surface area contributed by atoms with E-state index in [-0.39, 0.29) is 39.9 Å². The van der Waals surface area contributed by atoms with Crippen LogP contribution in [-0.2, 0) is 9.47 Å². The van der Waals surface area contributed by atoms with Crippen molar-refractivity contribution in [3.63, 3.8) is 0 Å². The quantitative estimate of drug-likeness (QED) is 0.181. The summed E-state index contributed by atoms with van der Waals surface area (Å²) in [4.78, 5) is 0. The number of ether oxygens (including phenoxy) is 2. The number of hydrogen-bond acceptors (Lipinski definition) is 10. The molecule has 5 rings (SSSR count). The normalized spacial score (nSPS) is 51.9. The Morgan fingerprint density at radius 1 is 0.826 bits per heavy atom. The molecular formula is C36H64O10. The van der Waals surface area contributed by atoms with E-state index in [1.165, 1.54) is 0 Å². The van der Waals surface area contributed by atoms with E-state index >= 15 is 0 Å². The van der Waals surface area contributed by atoms with Gasteiger partial charge in [-0.1, -0.05) is 34.6 Å². The van der Waals surface area contributed by atoms with Crippen LogP contribution in [0.3, 0.4) is 0 Å². The Hall–Kier alpha value is -0.400. The summed E-state index contributed by atoms with van der Waals surface area (Å²) in [5, 5.41) is 87.5. The summed E-state index contributed by atoms with van der Waals surface area (Å²) in [6, 6.07) is 0. The third-order valence-corrected chi connectivity index (χ3v) is 14.7. The van der Waals surface area contributed by atoms with Crippen LogP contribution in [0.1, 0.15) is 113 Å². The van der Waals surface area contributed by atoms with Crippen molar-refractivity contribution in [3.05, 3.63) is 0 Å². The summed E-state index contributed by atoms with van der Waals surface area (Å²) in [5.74, 6) is -0.349. The van der Waals surface area contributed by atoms with Gasteiger partial charge >= 0.3 is 0 Å². The molecule has 268 valence electrons. The number of rotatable bonds is 8. The van der Waals surface area contributed by atoms with Crippen LogP contribution in [0.15, 0.2) is 0 Å². The van der Waals surface area contributed by atoms with Crippen LogP contribution < -0.4 is 0 Å². The molecule has 10 nitrogen and oxygen atoms in total. The summed E-state index contributed by atoms with van der Waals surface area (Å²) in [5.41, 5.74) is -3.45. The summed E-state index contributed by atoms with van der Waals surface area (Å²) in [6.45, 7) is 15.9. The molecule has 9 unspecified atom stereocenters. The molecule has 0 aromatic heterocycles. The smallest absolute Gasteiger partial charge is 0.186 e. The second-order valence-electron chi connectivity index (χ2n) is 18.3. The summed E-state index contributed by atoms with van der Waals surface area (Å²) >= 11 is 0. The fourth-order valence-corrected chi connectivity index (χ4v) is 12.1. The van der Waals surface area contributed by atoms with Crippen molar-refractivity contribution in [2.75, 3.05) is 6.61 Å². The molecule has 16 atom stereocenters. The van der Waals surface area contributed by atoms with Gasteiger partial charge in [0.2, 0.25) is 0 Å². The van der Waals surface area contributed by atoms with E-state index < -0.39 is 72.2 Å². The predicted molar refractivity (Wildman–Crippen MR) is 171 cm³/mol. The average Bonchev–Trinajstić information content (AvgIpc) is 3.32. The monoisotopic (exact) mass is 656 g/mol. The molecule has 5 aliphatic rings. The van der Waals surface area contributed by atoms with E-state index in [0.717, 1.165) is 19.3 Å². The number of fused-ring (bicyclic) bond motifs is 5. The van der Waals surface area contributed by atoms with Gasteiger partial charge in [-0.3, -0.25) is 0 Å². The lowest BCUT2D eigenvalue weighted by Crippen LogP contribution is -2.71. The van der Waals surface area contributed by atoms with Gasteiger partial charge in [0.1, 0.15) is 24.4 Å². The minimum atomic E-state index is -1.56. The highest BCUT2D eigenvalue weighted by Crippen LogP contribution is 2.76. The molecule has 0 spiro atoms. The van der Waals surface area contributed by atoms with Crippen LogP contribution in [0, 0.1) is 45.3 Å². The lowest BCUT2D eigenvalue weighted by atomic mass is 9.34. The minimum absolute atomic E-state index is 0.0987. The number of aliphatic hydroxyl groups is 8. The Bertz CT molecular complexity index is 1090. The Kier molecular flexibility index (Phi) is 9.72. The van der Waals surface area contributed by atoms with Crippen molar-refractivity contribution in [3.8, 4) is 0 Å². The van der Waals surface area contributed by atoms with Gasteiger partial charge < -0.3 is 50.3 Å². The molecule has 1 heterocycles. The highest BCUT2D eigenvalue weighted by molar-refractivity contribution is 5.22. The molecule has 46 heavy (non-hydrogen) atoms. The van der Waals surface area contributed by atoms with Crippen LogP contribution in [0.25, 0.3) is 0 Å². The first-order chi connectivity index (χ1) is 21.0. The van der Waals surface area contributed by atoms with Gasteiger partial charge in [0, 0.05) is 0 Å². The summed E-state index contributed by atoms with van der Waals surface area (Å²) < 4.78 is 12.6. The maximum Gasteiger partial charge on any atom is 0.186 e. The van der Waals surface area contributed by atoms with Gasteiger partial charge in [0.05, 0.1) is 36.1 Å². The van der Waals surface area contributed by atoms with Crippen LogP contribution in [-0.4, -0.2) is 108 Å². The second-order valence-corrected chi connectivity index (χ2v) is 18.3. The molecule has 5 fully saturated rings. The summed E-state index contributed by atoms with van der Waals surface area (Å²) in [7, 11) is 0. The maximum absolute atomic E-state index is 12.1. The first kappa shape index (κ1) is 36.9.